The van der Waals surface area contributed by atoms with Crippen LogP contribution < -0.4 is 0 Å². The van der Waals surface area contributed by atoms with Gasteiger partial charge in [0.05, 0.1) is 7.11 Å². The third-order valence-corrected chi connectivity index (χ3v) is 4.19. The predicted molar refractivity (Wildman–Crippen MR) is 83.8 cm³/mol. The molecule has 0 aromatic heterocycles. The normalized spacial score (nSPS) is 20.9. The number of methoxy groups -OCH3 is 1. The molecule has 1 aliphatic rings. The van der Waals surface area contributed by atoms with Crippen LogP contribution in [0.5, 0.6) is 0 Å². The SMILES string of the molecule is COC(=O)[C@]1(c2ccccc2)C=C(c2ccccc2)CC1. The van der Waals surface area contributed by atoms with Crippen LogP contribution in [-0.4, -0.2) is 13.1 Å². The first-order chi connectivity index (χ1) is 10.3. The molecule has 0 fully saturated rings. The number of hydrogen-bond acceptors (Lipinski definition) is 2. The molecule has 2 aromatic rings. The number of carbonyl (C=O) groups excluding carboxylic acids is 1. The van der Waals surface area contributed by atoms with Crippen molar-refractivity contribution in [3.05, 3.63) is 77.9 Å². The van der Waals surface area contributed by atoms with Crippen LogP contribution in [0.2, 0.25) is 0 Å². The lowest BCUT2D eigenvalue weighted by atomic mass is 9.80. The molecule has 21 heavy (non-hydrogen) atoms. The van der Waals surface area contributed by atoms with E-state index in [0.717, 1.165) is 18.4 Å². The second kappa shape index (κ2) is 5.57. The fourth-order valence-corrected chi connectivity index (χ4v) is 3.08. The highest BCUT2D eigenvalue weighted by molar-refractivity contribution is 5.90. The van der Waals surface area contributed by atoms with Gasteiger partial charge in [-0.15, -0.1) is 0 Å². The van der Waals surface area contributed by atoms with Crippen LogP contribution in [0, 0.1) is 0 Å². The standard InChI is InChI=1S/C19H18O2/c1-21-18(20)19(17-10-6-3-7-11-17)13-12-16(14-19)15-8-4-2-5-9-15/h2-11,14H,12-13H2,1H3/t19-/m0/s1. The fraction of sp³-hybridized carbons (Fsp3) is 0.211. The van der Waals surface area contributed by atoms with Gasteiger partial charge in [-0.3, -0.25) is 4.79 Å². The summed E-state index contributed by atoms with van der Waals surface area (Å²) in [5, 5.41) is 0. The molecule has 0 spiro atoms. The molecule has 3 rings (SSSR count). The summed E-state index contributed by atoms with van der Waals surface area (Å²) in [6.07, 6.45) is 3.73. The highest BCUT2D eigenvalue weighted by Gasteiger charge is 2.43. The molecule has 106 valence electrons. The van der Waals surface area contributed by atoms with Crippen LogP contribution in [0.3, 0.4) is 0 Å². The molecule has 0 amide bonds. The second-order valence-corrected chi connectivity index (χ2v) is 5.36. The molecule has 0 saturated carbocycles. The predicted octanol–water partition coefficient (Wildman–Crippen LogP) is 3.97. The Labute approximate surface area is 125 Å². The van der Waals surface area contributed by atoms with Crippen LogP contribution in [0.4, 0.5) is 0 Å². The Bertz CT molecular complexity index is 658. The number of allylic oxidation sites excluding steroid dienone is 1. The minimum absolute atomic E-state index is 0.181. The largest absolute Gasteiger partial charge is 0.468 e. The molecule has 0 radical (unpaired) electrons. The minimum Gasteiger partial charge on any atom is -0.468 e. The van der Waals surface area contributed by atoms with E-state index in [1.165, 1.54) is 18.2 Å². The lowest BCUT2D eigenvalue weighted by Crippen LogP contribution is -2.33. The number of hydrogen-bond donors (Lipinski definition) is 0. The molecule has 1 atom stereocenters. The molecule has 0 heterocycles. The van der Waals surface area contributed by atoms with Gasteiger partial charge in [0.1, 0.15) is 5.41 Å². The third kappa shape index (κ3) is 2.38. The van der Waals surface area contributed by atoms with E-state index in [-0.39, 0.29) is 5.97 Å². The molecular formula is C19H18O2. The van der Waals surface area contributed by atoms with Gasteiger partial charge in [0.15, 0.2) is 0 Å². The topological polar surface area (TPSA) is 26.3 Å². The zero-order valence-electron chi connectivity index (χ0n) is 12.1. The molecule has 0 unspecified atom stereocenters. The zero-order chi connectivity index (χ0) is 14.7. The number of carbonyl (C=O) groups is 1. The van der Waals surface area contributed by atoms with Crippen molar-refractivity contribution in [2.45, 2.75) is 18.3 Å². The molecule has 0 N–H and O–H groups in total. The first-order valence-corrected chi connectivity index (χ1v) is 7.17. The molecule has 2 heteroatoms. The summed E-state index contributed by atoms with van der Waals surface area (Å²) in [5.74, 6) is -0.181. The van der Waals surface area contributed by atoms with Crippen LogP contribution in [0.15, 0.2) is 66.7 Å². The highest BCUT2D eigenvalue weighted by atomic mass is 16.5. The van der Waals surface area contributed by atoms with Crippen LogP contribution >= 0.6 is 0 Å². The summed E-state index contributed by atoms with van der Waals surface area (Å²) >= 11 is 0. The van der Waals surface area contributed by atoms with E-state index in [9.17, 15) is 4.79 Å². The summed E-state index contributed by atoms with van der Waals surface area (Å²) in [4.78, 5) is 12.4. The Hall–Kier alpha value is -2.35. The Morgan fingerprint density at radius 3 is 2.24 bits per heavy atom. The average molecular weight is 278 g/mol. The van der Waals surface area contributed by atoms with Crippen LogP contribution in [0.25, 0.3) is 5.57 Å². The van der Waals surface area contributed by atoms with E-state index < -0.39 is 5.41 Å². The summed E-state index contributed by atoms with van der Waals surface area (Å²) in [7, 11) is 1.46. The van der Waals surface area contributed by atoms with Crippen molar-refractivity contribution in [3.63, 3.8) is 0 Å². The van der Waals surface area contributed by atoms with Gasteiger partial charge in [-0.2, -0.15) is 0 Å². The van der Waals surface area contributed by atoms with Gasteiger partial charge >= 0.3 is 5.97 Å². The van der Waals surface area contributed by atoms with Crippen molar-refractivity contribution in [2.24, 2.45) is 0 Å². The Kier molecular flexibility index (Phi) is 3.61. The smallest absolute Gasteiger partial charge is 0.320 e. The first-order valence-electron chi connectivity index (χ1n) is 7.17. The van der Waals surface area contributed by atoms with E-state index in [4.69, 9.17) is 4.74 Å². The molecule has 1 aliphatic carbocycles. The summed E-state index contributed by atoms with van der Waals surface area (Å²) in [5.41, 5.74) is 2.74. The van der Waals surface area contributed by atoms with E-state index in [2.05, 4.69) is 18.2 Å². The Morgan fingerprint density at radius 2 is 1.62 bits per heavy atom. The zero-order valence-corrected chi connectivity index (χ0v) is 12.1. The number of ether oxygens (including phenoxy) is 1. The summed E-state index contributed by atoms with van der Waals surface area (Å²) < 4.78 is 5.09. The van der Waals surface area contributed by atoms with Gasteiger partial charge in [-0.05, 0) is 29.5 Å². The fourth-order valence-electron chi connectivity index (χ4n) is 3.08. The van der Waals surface area contributed by atoms with E-state index in [0.29, 0.717) is 0 Å². The number of esters is 1. The maximum Gasteiger partial charge on any atom is 0.320 e. The Morgan fingerprint density at radius 1 is 1.00 bits per heavy atom. The van der Waals surface area contributed by atoms with Gasteiger partial charge < -0.3 is 4.74 Å². The van der Waals surface area contributed by atoms with Crippen molar-refractivity contribution in [1.29, 1.82) is 0 Å². The molecule has 0 saturated heterocycles. The molecule has 0 aliphatic heterocycles. The monoisotopic (exact) mass is 278 g/mol. The Balaban J connectivity index is 2.08. The van der Waals surface area contributed by atoms with Gasteiger partial charge in [0.2, 0.25) is 0 Å². The van der Waals surface area contributed by atoms with E-state index in [1.807, 2.05) is 48.5 Å². The second-order valence-electron chi connectivity index (χ2n) is 5.36. The lowest BCUT2D eigenvalue weighted by molar-refractivity contribution is -0.145. The third-order valence-electron chi connectivity index (χ3n) is 4.19. The van der Waals surface area contributed by atoms with Gasteiger partial charge in [0, 0.05) is 0 Å². The van der Waals surface area contributed by atoms with Gasteiger partial charge in [-0.1, -0.05) is 66.7 Å². The minimum atomic E-state index is -0.652. The summed E-state index contributed by atoms with van der Waals surface area (Å²) in [6, 6.07) is 20.1. The van der Waals surface area contributed by atoms with E-state index in [1.54, 1.807) is 0 Å². The van der Waals surface area contributed by atoms with Crippen molar-refractivity contribution < 1.29 is 9.53 Å². The lowest BCUT2D eigenvalue weighted by Gasteiger charge is -2.24. The van der Waals surface area contributed by atoms with Crippen molar-refractivity contribution in [3.8, 4) is 0 Å². The summed E-state index contributed by atoms with van der Waals surface area (Å²) in [6.45, 7) is 0. The maximum atomic E-state index is 12.4. The number of benzene rings is 2. The molecule has 2 nitrogen and oxygen atoms in total. The van der Waals surface area contributed by atoms with E-state index >= 15 is 0 Å². The molecule has 0 bridgehead atoms. The quantitative estimate of drug-likeness (QED) is 0.794. The maximum absolute atomic E-state index is 12.4. The molecule has 2 aromatic carbocycles. The van der Waals surface area contributed by atoms with Crippen molar-refractivity contribution in [1.82, 2.24) is 0 Å². The van der Waals surface area contributed by atoms with Gasteiger partial charge in [0.25, 0.3) is 0 Å². The van der Waals surface area contributed by atoms with Crippen molar-refractivity contribution >= 4 is 11.5 Å². The highest BCUT2D eigenvalue weighted by Crippen LogP contribution is 2.43. The van der Waals surface area contributed by atoms with Crippen LogP contribution in [0.1, 0.15) is 24.0 Å². The first kappa shape index (κ1) is 13.6. The molecular weight excluding hydrogens is 260 g/mol. The van der Waals surface area contributed by atoms with Gasteiger partial charge in [-0.25, -0.2) is 0 Å². The van der Waals surface area contributed by atoms with Crippen LogP contribution in [-0.2, 0) is 14.9 Å². The number of rotatable bonds is 3. The average Bonchev–Trinajstić information content (AvgIpc) is 3.02. The van der Waals surface area contributed by atoms with Crippen molar-refractivity contribution in [2.75, 3.05) is 7.11 Å².